The Morgan fingerprint density at radius 2 is 0.875 bits per heavy atom. The summed E-state index contributed by atoms with van der Waals surface area (Å²) in [6, 6.07) is 67.5. The second-order valence-corrected chi connectivity index (χ2v) is 14.0. The summed E-state index contributed by atoms with van der Waals surface area (Å²) in [5, 5.41) is 4.52. The molecule has 0 saturated heterocycles. The van der Waals surface area contributed by atoms with Gasteiger partial charge in [0, 0.05) is 49.4 Å². The molecule has 3 aromatic heterocycles. The van der Waals surface area contributed by atoms with Gasteiger partial charge in [0.1, 0.15) is 11.2 Å². The van der Waals surface area contributed by atoms with E-state index in [2.05, 4.69) is 150 Å². The van der Waals surface area contributed by atoms with Crippen LogP contribution in [0.3, 0.4) is 0 Å². The van der Waals surface area contributed by atoms with E-state index in [1.54, 1.807) is 0 Å². The molecule has 5 nitrogen and oxygen atoms in total. The number of aromatic nitrogens is 4. The Morgan fingerprint density at radius 1 is 0.339 bits per heavy atom. The maximum Gasteiger partial charge on any atom is 0.166 e. The summed E-state index contributed by atoms with van der Waals surface area (Å²) in [6.45, 7) is 0. The van der Waals surface area contributed by atoms with E-state index >= 15 is 0 Å². The third kappa shape index (κ3) is 5.21. The molecular weight excluding hydrogens is 685 g/mol. The third-order valence-electron chi connectivity index (χ3n) is 10.7. The molecule has 0 radical (unpaired) electrons. The Bertz CT molecular complexity index is 3180. The molecule has 11 aromatic rings. The van der Waals surface area contributed by atoms with Crippen LogP contribution >= 0.6 is 0 Å². The van der Waals surface area contributed by atoms with E-state index in [1.165, 1.54) is 5.39 Å². The maximum absolute atomic E-state index is 6.26. The maximum atomic E-state index is 6.26. The lowest BCUT2D eigenvalue weighted by Crippen LogP contribution is -2.05. The first-order chi connectivity index (χ1) is 27.8. The molecule has 0 aliphatic heterocycles. The molecule has 0 atom stereocenters. The lowest BCUT2D eigenvalue weighted by Gasteiger charge is -2.20. The Labute approximate surface area is 322 Å². The van der Waals surface area contributed by atoms with Crippen molar-refractivity contribution >= 4 is 43.7 Å². The molecule has 56 heavy (non-hydrogen) atoms. The molecule has 8 aromatic carbocycles. The van der Waals surface area contributed by atoms with Crippen molar-refractivity contribution in [3.63, 3.8) is 0 Å². The molecule has 0 aliphatic carbocycles. The van der Waals surface area contributed by atoms with Gasteiger partial charge in [-0.1, -0.05) is 164 Å². The van der Waals surface area contributed by atoms with Gasteiger partial charge < -0.3 is 8.98 Å². The minimum atomic E-state index is 0.597. The highest BCUT2D eigenvalue weighted by atomic mass is 16.3. The lowest BCUT2D eigenvalue weighted by atomic mass is 9.97. The normalized spacial score (nSPS) is 11.6. The molecule has 5 heteroatoms. The fourth-order valence-electron chi connectivity index (χ4n) is 8.12. The van der Waals surface area contributed by atoms with Crippen LogP contribution in [0.4, 0.5) is 0 Å². The highest BCUT2D eigenvalue weighted by molar-refractivity contribution is 6.15. The zero-order valence-corrected chi connectivity index (χ0v) is 30.2. The Balaban J connectivity index is 1.26. The van der Waals surface area contributed by atoms with Gasteiger partial charge in [0.25, 0.3) is 0 Å². The number of nitrogens with zero attached hydrogens (tertiary/aromatic N) is 4. The minimum absolute atomic E-state index is 0.597. The van der Waals surface area contributed by atoms with Crippen molar-refractivity contribution < 1.29 is 4.42 Å². The van der Waals surface area contributed by atoms with Crippen molar-refractivity contribution in [1.82, 2.24) is 19.5 Å². The summed E-state index contributed by atoms with van der Waals surface area (Å²) in [6.07, 6.45) is 0. The van der Waals surface area contributed by atoms with E-state index < -0.39 is 0 Å². The van der Waals surface area contributed by atoms with Gasteiger partial charge in [-0.25, -0.2) is 15.0 Å². The summed E-state index contributed by atoms with van der Waals surface area (Å²) in [7, 11) is 0. The first kappa shape index (κ1) is 31.9. The second kappa shape index (κ2) is 13.0. The van der Waals surface area contributed by atoms with E-state index in [4.69, 9.17) is 19.4 Å². The van der Waals surface area contributed by atoms with Crippen molar-refractivity contribution in [2.75, 3.05) is 0 Å². The third-order valence-corrected chi connectivity index (χ3v) is 10.7. The smallest absolute Gasteiger partial charge is 0.166 e. The number of hydrogen-bond donors (Lipinski definition) is 0. The lowest BCUT2D eigenvalue weighted by molar-refractivity contribution is 0.669. The standard InChI is InChI=1S/C51H32N4O/c1-4-16-33(17-5-1)37-24-15-27-42(51-53-49(34-18-6-2-7-19-34)52-50(54-51)35-20-8-3-9-21-35)48(37)55-44-28-12-10-22-39(44)41-26-14-25-38(47(41)55)36-30-31-46-43(32-36)40-23-11-13-29-45(40)56-46/h1-32H. The van der Waals surface area contributed by atoms with Crippen LogP contribution in [0.2, 0.25) is 0 Å². The van der Waals surface area contributed by atoms with Crippen LogP contribution in [0, 0.1) is 0 Å². The highest BCUT2D eigenvalue weighted by Crippen LogP contribution is 2.44. The van der Waals surface area contributed by atoms with Gasteiger partial charge in [0.2, 0.25) is 0 Å². The SMILES string of the molecule is c1ccc(-c2nc(-c3ccccc3)nc(-c3cccc(-c4ccccc4)c3-n3c4ccccc4c4cccc(-c5ccc6oc7ccccc7c6c5)c43)n2)cc1. The summed E-state index contributed by atoms with van der Waals surface area (Å²) in [4.78, 5) is 15.5. The van der Waals surface area contributed by atoms with Crippen LogP contribution in [-0.4, -0.2) is 19.5 Å². The fraction of sp³-hybridized carbons (Fsp3) is 0. The molecule has 0 unspecified atom stereocenters. The van der Waals surface area contributed by atoms with Crippen molar-refractivity contribution in [3.8, 4) is 62.1 Å². The van der Waals surface area contributed by atoms with Crippen LogP contribution in [0.5, 0.6) is 0 Å². The van der Waals surface area contributed by atoms with Crippen molar-refractivity contribution in [1.29, 1.82) is 0 Å². The Kier molecular flexibility index (Phi) is 7.42. The molecule has 0 saturated carbocycles. The van der Waals surface area contributed by atoms with Crippen molar-refractivity contribution in [2.24, 2.45) is 0 Å². The topological polar surface area (TPSA) is 56.7 Å². The van der Waals surface area contributed by atoms with Gasteiger partial charge in [-0.2, -0.15) is 0 Å². The van der Waals surface area contributed by atoms with Crippen LogP contribution in [0.1, 0.15) is 0 Å². The molecule has 0 aliphatic rings. The molecular formula is C51H32N4O. The molecule has 3 heterocycles. The van der Waals surface area contributed by atoms with E-state index in [0.717, 1.165) is 83.0 Å². The highest BCUT2D eigenvalue weighted by Gasteiger charge is 2.24. The summed E-state index contributed by atoms with van der Waals surface area (Å²) >= 11 is 0. The number of fused-ring (bicyclic) bond motifs is 6. The second-order valence-electron chi connectivity index (χ2n) is 14.0. The summed E-state index contributed by atoms with van der Waals surface area (Å²) in [5.74, 6) is 1.84. The quantitative estimate of drug-likeness (QED) is 0.172. The first-order valence-corrected chi connectivity index (χ1v) is 18.8. The molecule has 0 bridgehead atoms. The number of hydrogen-bond acceptors (Lipinski definition) is 4. The number of benzene rings is 8. The molecule has 0 fully saturated rings. The molecule has 262 valence electrons. The zero-order valence-electron chi connectivity index (χ0n) is 30.2. The van der Waals surface area contributed by atoms with E-state index in [9.17, 15) is 0 Å². The minimum Gasteiger partial charge on any atom is -0.456 e. The van der Waals surface area contributed by atoms with Crippen LogP contribution in [0.15, 0.2) is 199 Å². The average molecular weight is 717 g/mol. The van der Waals surface area contributed by atoms with E-state index in [1.807, 2.05) is 48.5 Å². The van der Waals surface area contributed by atoms with Crippen LogP contribution in [0.25, 0.3) is 106 Å². The van der Waals surface area contributed by atoms with Gasteiger partial charge in [-0.15, -0.1) is 0 Å². The van der Waals surface area contributed by atoms with Gasteiger partial charge in [-0.05, 0) is 41.5 Å². The number of rotatable bonds is 6. The number of para-hydroxylation sites is 4. The van der Waals surface area contributed by atoms with Crippen molar-refractivity contribution in [2.45, 2.75) is 0 Å². The predicted octanol–water partition coefficient (Wildman–Crippen LogP) is 13.2. The van der Waals surface area contributed by atoms with Gasteiger partial charge in [0.05, 0.1) is 16.7 Å². The average Bonchev–Trinajstić information content (AvgIpc) is 3.82. The molecule has 0 spiro atoms. The Hall–Kier alpha value is -7.63. The van der Waals surface area contributed by atoms with Crippen LogP contribution < -0.4 is 0 Å². The van der Waals surface area contributed by atoms with Gasteiger partial charge in [-0.3, -0.25) is 0 Å². The predicted molar refractivity (Wildman–Crippen MR) is 229 cm³/mol. The summed E-state index contributed by atoms with van der Waals surface area (Å²) < 4.78 is 8.69. The van der Waals surface area contributed by atoms with E-state index in [-0.39, 0.29) is 0 Å². The summed E-state index contributed by atoms with van der Waals surface area (Å²) in [5.41, 5.74) is 12.1. The molecule has 0 N–H and O–H groups in total. The first-order valence-electron chi connectivity index (χ1n) is 18.8. The largest absolute Gasteiger partial charge is 0.456 e. The van der Waals surface area contributed by atoms with E-state index in [0.29, 0.717) is 17.5 Å². The zero-order chi connectivity index (χ0) is 37.0. The van der Waals surface area contributed by atoms with Crippen molar-refractivity contribution in [3.05, 3.63) is 194 Å². The van der Waals surface area contributed by atoms with Crippen LogP contribution in [-0.2, 0) is 0 Å². The molecule has 0 amide bonds. The monoisotopic (exact) mass is 716 g/mol. The number of furan rings is 1. The Morgan fingerprint density at radius 3 is 1.61 bits per heavy atom. The van der Waals surface area contributed by atoms with Gasteiger partial charge in [0.15, 0.2) is 17.5 Å². The fourth-order valence-corrected chi connectivity index (χ4v) is 8.12. The molecule has 11 rings (SSSR count). The van der Waals surface area contributed by atoms with Gasteiger partial charge >= 0.3 is 0 Å².